The van der Waals surface area contributed by atoms with Crippen LogP contribution in [0.1, 0.15) is 5.56 Å². The van der Waals surface area contributed by atoms with E-state index in [-0.39, 0.29) is 0 Å². The maximum atomic E-state index is 6.48. The molecule has 0 saturated carbocycles. The second-order valence-corrected chi connectivity index (χ2v) is 13.3. The Hall–Kier alpha value is -6.44. The van der Waals surface area contributed by atoms with Crippen LogP contribution in [0.4, 0.5) is 0 Å². The summed E-state index contributed by atoms with van der Waals surface area (Å²) in [6, 6.07) is 64.0. The van der Waals surface area contributed by atoms with Crippen LogP contribution in [0.5, 0.6) is 0 Å². The Balaban J connectivity index is 1.17. The van der Waals surface area contributed by atoms with Crippen molar-refractivity contribution in [3.63, 3.8) is 0 Å². The van der Waals surface area contributed by atoms with E-state index in [1.54, 1.807) is 0 Å². The topological polar surface area (TPSA) is 13.1 Å². The fraction of sp³-hybridized carbons (Fsp3) is 0.0204. The highest BCUT2D eigenvalue weighted by Crippen LogP contribution is 2.46. The standard InChI is InChI=1S/C49H32O/c1-31-21-23-34(24-22-31)44-29-36(30-45-38-14-8-9-20-46(38)50-49(44)45)32-25-27-35(28-26-32)47-40-15-4-6-17-42(40)48(43-18-7-5-16-41(43)47)39-19-10-12-33-11-2-3-13-37(33)39/h2-30H,1H3. The van der Waals surface area contributed by atoms with Gasteiger partial charge in [-0.05, 0) is 96.4 Å². The Morgan fingerprint density at radius 1 is 0.340 bits per heavy atom. The zero-order chi connectivity index (χ0) is 33.2. The Labute approximate surface area is 290 Å². The molecule has 0 unspecified atom stereocenters. The molecule has 0 amide bonds. The molecule has 234 valence electrons. The van der Waals surface area contributed by atoms with Crippen LogP contribution < -0.4 is 0 Å². The van der Waals surface area contributed by atoms with Crippen LogP contribution in [0.3, 0.4) is 0 Å². The first kappa shape index (κ1) is 28.6. The van der Waals surface area contributed by atoms with Crippen molar-refractivity contribution >= 4 is 54.3 Å². The molecule has 0 aliphatic heterocycles. The summed E-state index contributed by atoms with van der Waals surface area (Å²) < 4.78 is 6.48. The first-order valence-corrected chi connectivity index (χ1v) is 17.3. The van der Waals surface area contributed by atoms with Crippen molar-refractivity contribution in [2.75, 3.05) is 0 Å². The maximum Gasteiger partial charge on any atom is 0.143 e. The number of furan rings is 1. The highest BCUT2D eigenvalue weighted by molar-refractivity contribution is 6.23. The minimum absolute atomic E-state index is 0.911. The predicted octanol–water partition coefficient (Wildman–Crippen LogP) is 14.0. The van der Waals surface area contributed by atoms with Crippen LogP contribution in [0.25, 0.3) is 98.8 Å². The average Bonchev–Trinajstić information content (AvgIpc) is 3.56. The molecule has 0 aliphatic carbocycles. The van der Waals surface area contributed by atoms with E-state index in [4.69, 9.17) is 4.42 Å². The molecule has 1 aromatic heterocycles. The van der Waals surface area contributed by atoms with Gasteiger partial charge in [0.1, 0.15) is 11.2 Å². The molecular formula is C49H32O. The van der Waals surface area contributed by atoms with E-state index < -0.39 is 0 Å². The first-order chi connectivity index (χ1) is 24.7. The molecule has 0 bridgehead atoms. The van der Waals surface area contributed by atoms with E-state index in [0.29, 0.717) is 0 Å². The van der Waals surface area contributed by atoms with Gasteiger partial charge in [0.25, 0.3) is 0 Å². The molecular weight excluding hydrogens is 605 g/mol. The number of rotatable bonds is 4. The number of benzene rings is 9. The molecule has 0 saturated heterocycles. The summed E-state index contributed by atoms with van der Waals surface area (Å²) in [5, 5.41) is 9.85. The SMILES string of the molecule is Cc1ccc(-c2cc(-c3ccc(-c4c5ccccc5c(-c5cccc6ccccc56)c5ccccc45)cc3)cc3c2oc2ccccc23)cc1. The van der Waals surface area contributed by atoms with Gasteiger partial charge in [-0.1, -0.05) is 163 Å². The van der Waals surface area contributed by atoms with Gasteiger partial charge in [0.15, 0.2) is 0 Å². The Morgan fingerprint density at radius 3 is 1.58 bits per heavy atom. The molecule has 1 nitrogen and oxygen atoms in total. The van der Waals surface area contributed by atoms with Crippen molar-refractivity contribution in [1.29, 1.82) is 0 Å². The number of hydrogen-bond donors (Lipinski definition) is 0. The molecule has 0 fully saturated rings. The van der Waals surface area contributed by atoms with Crippen LogP contribution in [0.15, 0.2) is 180 Å². The van der Waals surface area contributed by atoms with E-state index in [1.165, 1.54) is 71.3 Å². The normalized spacial score (nSPS) is 11.7. The molecule has 0 radical (unpaired) electrons. The predicted molar refractivity (Wildman–Crippen MR) is 213 cm³/mol. The van der Waals surface area contributed by atoms with E-state index in [1.807, 2.05) is 6.07 Å². The van der Waals surface area contributed by atoms with Crippen molar-refractivity contribution in [3.8, 4) is 44.5 Å². The minimum atomic E-state index is 0.911. The molecule has 1 heteroatoms. The summed E-state index contributed by atoms with van der Waals surface area (Å²) in [5.41, 5.74) is 12.7. The second kappa shape index (κ2) is 11.3. The summed E-state index contributed by atoms with van der Waals surface area (Å²) in [7, 11) is 0. The van der Waals surface area contributed by atoms with Gasteiger partial charge < -0.3 is 4.42 Å². The molecule has 0 spiro atoms. The van der Waals surface area contributed by atoms with Gasteiger partial charge in [0.05, 0.1) is 0 Å². The lowest BCUT2D eigenvalue weighted by molar-refractivity contribution is 0.670. The highest BCUT2D eigenvalue weighted by Gasteiger charge is 2.19. The van der Waals surface area contributed by atoms with Crippen molar-refractivity contribution in [3.05, 3.63) is 181 Å². The van der Waals surface area contributed by atoms with Crippen molar-refractivity contribution in [2.24, 2.45) is 0 Å². The molecule has 10 aromatic rings. The van der Waals surface area contributed by atoms with Gasteiger partial charge in [0.2, 0.25) is 0 Å². The molecule has 0 atom stereocenters. The summed E-state index contributed by atoms with van der Waals surface area (Å²) in [6.07, 6.45) is 0. The van der Waals surface area contributed by atoms with Crippen LogP contribution in [0.2, 0.25) is 0 Å². The lowest BCUT2D eigenvalue weighted by Crippen LogP contribution is -1.91. The lowest BCUT2D eigenvalue weighted by Gasteiger charge is -2.19. The molecule has 9 aromatic carbocycles. The largest absolute Gasteiger partial charge is 0.455 e. The van der Waals surface area contributed by atoms with E-state index in [9.17, 15) is 0 Å². The molecule has 1 heterocycles. The number of para-hydroxylation sites is 1. The quantitative estimate of drug-likeness (QED) is 0.175. The van der Waals surface area contributed by atoms with Crippen molar-refractivity contribution < 1.29 is 4.42 Å². The third-order valence-corrected chi connectivity index (χ3v) is 10.3. The van der Waals surface area contributed by atoms with Crippen molar-refractivity contribution in [1.82, 2.24) is 0 Å². The van der Waals surface area contributed by atoms with Gasteiger partial charge in [0, 0.05) is 16.3 Å². The number of aryl methyl sites for hydroxylation is 1. The van der Waals surface area contributed by atoms with Crippen LogP contribution in [0, 0.1) is 6.92 Å². The van der Waals surface area contributed by atoms with Crippen LogP contribution >= 0.6 is 0 Å². The van der Waals surface area contributed by atoms with E-state index in [2.05, 4.69) is 177 Å². The molecule has 10 rings (SSSR count). The zero-order valence-corrected chi connectivity index (χ0v) is 27.7. The third kappa shape index (κ3) is 4.48. The summed E-state index contributed by atoms with van der Waals surface area (Å²) in [5.74, 6) is 0. The molecule has 0 N–H and O–H groups in total. The van der Waals surface area contributed by atoms with Crippen LogP contribution in [-0.4, -0.2) is 0 Å². The Morgan fingerprint density at radius 2 is 0.880 bits per heavy atom. The monoisotopic (exact) mass is 636 g/mol. The van der Waals surface area contributed by atoms with Gasteiger partial charge in [-0.25, -0.2) is 0 Å². The smallest absolute Gasteiger partial charge is 0.143 e. The van der Waals surface area contributed by atoms with Gasteiger partial charge in [-0.15, -0.1) is 0 Å². The number of hydrogen-bond acceptors (Lipinski definition) is 1. The third-order valence-electron chi connectivity index (χ3n) is 10.3. The van der Waals surface area contributed by atoms with E-state index >= 15 is 0 Å². The minimum Gasteiger partial charge on any atom is -0.455 e. The maximum absolute atomic E-state index is 6.48. The zero-order valence-electron chi connectivity index (χ0n) is 27.7. The Kier molecular flexibility index (Phi) is 6.47. The molecule has 50 heavy (non-hydrogen) atoms. The second-order valence-electron chi connectivity index (χ2n) is 13.3. The van der Waals surface area contributed by atoms with Crippen molar-refractivity contribution in [2.45, 2.75) is 6.92 Å². The average molecular weight is 637 g/mol. The van der Waals surface area contributed by atoms with Gasteiger partial charge in [-0.3, -0.25) is 0 Å². The van der Waals surface area contributed by atoms with Gasteiger partial charge in [-0.2, -0.15) is 0 Å². The fourth-order valence-corrected chi connectivity index (χ4v) is 7.94. The number of fused-ring (bicyclic) bond motifs is 6. The molecule has 0 aliphatic rings. The highest BCUT2D eigenvalue weighted by atomic mass is 16.3. The summed E-state index contributed by atoms with van der Waals surface area (Å²) >= 11 is 0. The fourth-order valence-electron chi connectivity index (χ4n) is 7.94. The Bertz CT molecular complexity index is 2840. The summed E-state index contributed by atoms with van der Waals surface area (Å²) in [4.78, 5) is 0. The van der Waals surface area contributed by atoms with E-state index in [0.717, 1.165) is 33.1 Å². The summed E-state index contributed by atoms with van der Waals surface area (Å²) in [6.45, 7) is 2.13. The lowest BCUT2D eigenvalue weighted by atomic mass is 9.84. The first-order valence-electron chi connectivity index (χ1n) is 17.3. The van der Waals surface area contributed by atoms with Gasteiger partial charge >= 0.3 is 0 Å². The van der Waals surface area contributed by atoms with Crippen LogP contribution in [-0.2, 0) is 0 Å².